The van der Waals surface area contributed by atoms with E-state index in [2.05, 4.69) is 52.4 Å². The molecule has 174 valence electrons. The van der Waals surface area contributed by atoms with Crippen LogP contribution in [-0.2, 0) is 17.8 Å². The first-order valence-corrected chi connectivity index (χ1v) is 11.0. The van der Waals surface area contributed by atoms with E-state index in [1.807, 2.05) is 6.07 Å². The molecule has 2 aliphatic rings. The molecule has 32 heavy (non-hydrogen) atoms. The van der Waals surface area contributed by atoms with Crippen LogP contribution in [0.2, 0.25) is 0 Å². The van der Waals surface area contributed by atoms with Crippen molar-refractivity contribution in [3.63, 3.8) is 0 Å². The van der Waals surface area contributed by atoms with Gasteiger partial charge < -0.3 is 24.8 Å². The summed E-state index contributed by atoms with van der Waals surface area (Å²) in [5.74, 6) is 1.79. The fourth-order valence-electron chi connectivity index (χ4n) is 4.35. The Morgan fingerprint density at radius 3 is 2.78 bits per heavy atom. The predicted molar refractivity (Wildman–Crippen MR) is 137 cm³/mol. The lowest BCUT2D eigenvalue weighted by atomic mass is 10.1. The summed E-state index contributed by atoms with van der Waals surface area (Å²) in [5, 5.41) is 13.6. The maximum absolute atomic E-state index is 10.2. The van der Waals surface area contributed by atoms with Crippen molar-refractivity contribution in [3.8, 4) is 11.5 Å². The number of guanidine groups is 1. The van der Waals surface area contributed by atoms with Gasteiger partial charge in [-0.1, -0.05) is 30.3 Å². The summed E-state index contributed by atoms with van der Waals surface area (Å²) < 4.78 is 11.4. The molecule has 7 nitrogen and oxygen atoms in total. The van der Waals surface area contributed by atoms with Crippen molar-refractivity contribution in [2.24, 2.45) is 4.99 Å². The number of nitrogens with one attached hydrogen (secondary N) is 1. The Bertz CT molecular complexity index is 896. The maximum Gasteiger partial charge on any atom is 0.194 e. The molecule has 2 N–H and O–H groups in total. The highest BCUT2D eigenvalue weighted by Crippen LogP contribution is 2.26. The second-order valence-corrected chi connectivity index (χ2v) is 8.00. The fraction of sp³-hybridized carbons (Fsp3) is 0.458. The van der Waals surface area contributed by atoms with Gasteiger partial charge in [0, 0.05) is 38.3 Å². The number of benzene rings is 2. The normalized spacial score (nSPS) is 21.1. The van der Waals surface area contributed by atoms with Gasteiger partial charge in [-0.05, 0) is 30.7 Å². The Balaban J connectivity index is 0.00000289. The van der Waals surface area contributed by atoms with Crippen molar-refractivity contribution in [1.29, 1.82) is 0 Å². The number of morpholine rings is 1. The number of aliphatic imine (C=N–C) groups is 1. The number of aromatic hydroxyl groups is 1. The molecule has 0 saturated carbocycles. The lowest BCUT2D eigenvalue weighted by Gasteiger charge is -2.36. The molecule has 2 aromatic rings. The highest BCUT2D eigenvalue weighted by atomic mass is 127. The van der Waals surface area contributed by atoms with Crippen LogP contribution in [0.25, 0.3) is 0 Å². The first kappa shape index (κ1) is 24.6. The van der Waals surface area contributed by atoms with Crippen LogP contribution in [0.5, 0.6) is 11.5 Å². The second-order valence-electron chi connectivity index (χ2n) is 8.00. The number of phenolic OH excluding ortho intramolecular Hbond substituents is 1. The van der Waals surface area contributed by atoms with Gasteiger partial charge in [0.15, 0.2) is 5.96 Å². The van der Waals surface area contributed by atoms with Crippen LogP contribution < -0.4 is 10.1 Å². The number of fused-ring (bicyclic) bond motifs is 1. The van der Waals surface area contributed by atoms with Crippen LogP contribution in [-0.4, -0.2) is 72.9 Å². The molecule has 2 atom stereocenters. The van der Waals surface area contributed by atoms with E-state index in [1.54, 1.807) is 19.2 Å². The zero-order valence-electron chi connectivity index (χ0n) is 18.7. The molecule has 2 unspecified atom stereocenters. The van der Waals surface area contributed by atoms with E-state index in [-0.39, 0.29) is 35.8 Å². The van der Waals surface area contributed by atoms with E-state index < -0.39 is 0 Å². The lowest BCUT2D eigenvalue weighted by molar-refractivity contribution is -0.0502. The van der Waals surface area contributed by atoms with Gasteiger partial charge in [-0.25, -0.2) is 4.99 Å². The first-order valence-electron chi connectivity index (χ1n) is 11.0. The summed E-state index contributed by atoms with van der Waals surface area (Å²) in [7, 11) is 1.62. The van der Waals surface area contributed by atoms with E-state index in [4.69, 9.17) is 14.5 Å². The molecule has 2 aliphatic heterocycles. The average Bonchev–Trinajstić information content (AvgIpc) is 3.23. The van der Waals surface area contributed by atoms with E-state index in [1.165, 1.54) is 5.56 Å². The Hall–Kier alpha value is -2.04. The molecule has 0 spiro atoms. The fourth-order valence-corrected chi connectivity index (χ4v) is 4.35. The summed E-state index contributed by atoms with van der Waals surface area (Å²) in [6.07, 6.45) is 0.173. The highest BCUT2D eigenvalue weighted by Gasteiger charge is 2.41. The Morgan fingerprint density at radius 2 is 2.03 bits per heavy atom. The van der Waals surface area contributed by atoms with Gasteiger partial charge in [0.25, 0.3) is 0 Å². The van der Waals surface area contributed by atoms with Crippen LogP contribution in [0.15, 0.2) is 53.5 Å². The van der Waals surface area contributed by atoms with Crippen LogP contribution in [0.3, 0.4) is 0 Å². The molecule has 0 aliphatic carbocycles. The van der Waals surface area contributed by atoms with Crippen molar-refractivity contribution in [1.82, 2.24) is 15.1 Å². The number of hydrogen-bond donors (Lipinski definition) is 2. The summed E-state index contributed by atoms with van der Waals surface area (Å²) in [6, 6.07) is 16.2. The summed E-state index contributed by atoms with van der Waals surface area (Å²) in [4.78, 5) is 9.62. The van der Waals surface area contributed by atoms with Crippen LogP contribution in [0, 0.1) is 0 Å². The average molecular weight is 552 g/mol. The summed E-state index contributed by atoms with van der Waals surface area (Å²) in [6.45, 7) is 7.54. The maximum atomic E-state index is 10.2. The molecular formula is C24H33IN4O3. The third-order valence-electron chi connectivity index (χ3n) is 5.97. The van der Waals surface area contributed by atoms with Gasteiger partial charge in [-0.3, -0.25) is 4.90 Å². The zero-order valence-corrected chi connectivity index (χ0v) is 21.1. The molecule has 2 saturated heterocycles. The number of nitrogens with zero attached hydrogens (tertiary/aromatic N) is 3. The number of methoxy groups -OCH3 is 1. The van der Waals surface area contributed by atoms with E-state index in [9.17, 15) is 5.11 Å². The molecule has 2 aromatic carbocycles. The van der Waals surface area contributed by atoms with Crippen LogP contribution in [0.4, 0.5) is 0 Å². The van der Waals surface area contributed by atoms with Gasteiger partial charge in [0.1, 0.15) is 11.5 Å². The van der Waals surface area contributed by atoms with Gasteiger partial charge in [0.2, 0.25) is 0 Å². The van der Waals surface area contributed by atoms with Crippen molar-refractivity contribution in [3.05, 3.63) is 59.7 Å². The Kier molecular flexibility index (Phi) is 9.01. The smallest absolute Gasteiger partial charge is 0.194 e. The topological polar surface area (TPSA) is 69.6 Å². The van der Waals surface area contributed by atoms with Gasteiger partial charge in [-0.2, -0.15) is 0 Å². The number of rotatable bonds is 6. The van der Waals surface area contributed by atoms with Crippen LogP contribution >= 0.6 is 24.0 Å². The monoisotopic (exact) mass is 552 g/mol. The number of likely N-dealkylation sites (tertiary alicyclic amines) is 1. The van der Waals surface area contributed by atoms with Crippen molar-refractivity contribution in [2.45, 2.75) is 32.2 Å². The van der Waals surface area contributed by atoms with Gasteiger partial charge >= 0.3 is 0 Å². The standard InChI is InChI=1S/C24H32N4O3.HI/c1-3-25-24(26-14-19-13-20(30-2)9-10-22(19)29)28-16-21-23(17-28)31-12-11-27(21)15-18-7-5-4-6-8-18;/h4-10,13,21,23,29H,3,11-12,14-17H2,1-2H3,(H,25,26);1H. The molecule has 8 heteroatoms. The van der Waals surface area contributed by atoms with Gasteiger partial charge in [-0.15, -0.1) is 24.0 Å². The van der Waals surface area contributed by atoms with E-state index in [0.29, 0.717) is 18.3 Å². The molecule has 2 fully saturated rings. The predicted octanol–water partition coefficient (Wildman–Crippen LogP) is 3.07. The number of halogens is 1. The Labute approximate surface area is 207 Å². The highest BCUT2D eigenvalue weighted by molar-refractivity contribution is 14.0. The number of ether oxygens (including phenoxy) is 2. The molecular weight excluding hydrogens is 519 g/mol. The minimum absolute atomic E-state index is 0. The van der Waals surface area contributed by atoms with Crippen LogP contribution in [0.1, 0.15) is 18.1 Å². The van der Waals surface area contributed by atoms with Crippen molar-refractivity contribution in [2.75, 3.05) is 39.9 Å². The van der Waals surface area contributed by atoms with Crippen molar-refractivity contribution < 1.29 is 14.6 Å². The minimum Gasteiger partial charge on any atom is -0.508 e. The third kappa shape index (κ3) is 5.85. The second kappa shape index (κ2) is 11.7. The lowest BCUT2D eigenvalue weighted by Crippen LogP contribution is -2.50. The Morgan fingerprint density at radius 1 is 1.22 bits per heavy atom. The van der Waals surface area contributed by atoms with Crippen molar-refractivity contribution >= 4 is 29.9 Å². The zero-order chi connectivity index (χ0) is 21.6. The van der Waals surface area contributed by atoms with E-state index >= 15 is 0 Å². The molecule has 0 amide bonds. The minimum atomic E-state index is 0. The molecule has 2 heterocycles. The van der Waals surface area contributed by atoms with E-state index in [0.717, 1.165) is 50.9 Å². The summed E-state index contributed by atoms with van der Waals surface area (Å²) >= 11 is 0. The quantitative estimate of drug-likeness (QED) is 0.326. The molecule has 0 bridgehead atoms. The summed E-state index contributed by atoms with van der Waals surface area (Å²) in [5.41, 5.74) is 2.07. The first-order chi connectivity index (χ1) is 15.2. The molecule has 4 rings (SSSR count). The molecule has 0 aromatic heterocycles. The SMILES string of the molecule is CCNC(=NCc1cc(OC)ccc1O)N1CC2OCCN(Cc3ccccc3)C2C1.I. The number of phenols is 1. The number of hydrogen-bond acceptors (Lipinski definition) is 5. The third-order valence-corrected chi connectivity index (χ3v) is 5.97. The molecule has 0 radical (unpaired) electrons. The largest absolute Gasteiger partial charge is 0.508 e. The van der Waals surface area contributed by atoms with Gasteiger partial charge in [0.05, 0.1) is 32.4 Å².